The maximum atomic E-state index is 13.4. The number of β-amino-alcohol motifs (C(OH)–C–C–N with tert-alkyl or cyclic N) is 1. The summed E-state index contributed by atoms with van der Waals surface area (Å²) in [7, 11) is 3.54. The van der Waals surface area contributed by atoms with Gasteiger partial charge in [0, 0.05) is 51.7 Å². The Morgan fingerprint density at radius 1 is 1.13 bits per heavy atom. The number of rotatable bonds is 7. The summed E-state index contributed by atoms with van der Waals surface area (Å²) in [6.45, 7) is 2.85. The van der Waals surface area contributed by atoms with Crippen LogP contribution < -0.4 is 9.64 Å². The molecule has 10 heteroatoms. The first kappa shape index (κ1) is 22.3. The van der Waals surface area contributed by atoms with Crippen molar-refractivity contribution < 1.29 is 27.8 Å². The molecule has 1 saturated heterocycles. The SMILES string of the molecule is CN(C)c1ncc(-c2cc(OCC(O)CN3CCOCC3)cc(C(F)(F)F)c2)cn1. The molecular weight excluding hydrogens is 401 g/mol. The fraction of sp³-hybridized carbons (Fsp3) is 0.500. The van der Waals surface area contributed by atoms with Crippen molar-refractivity contribution in [3.8, 4) is 16.9 Å². The van der Waals surface area contributed by atoms with Crippen molar-refractivity contribution in [1.82, 2.24) is 14.9 Å². The number of anilines is 1. The Kier molecular flexibility index (Phi) is 7.11. The number of aliphatic hydroxyl groups excluding tert-OH is 1. The van der Waals surface area contributed by atoms with Crippen LogP contribution >= 0.6 is 0 Å². The quantitative estimate of drug-likeness (QED) is 0.729. The molecule has 1 unspecified atom stereocenters. The summed E-state index contributed by atoms with van der Waals surface area (Å²) in [6, 6.07) is 3.45. The van der Waals surface area contributed by atoms with Gasteiger partial charge in [-0.2, -0.15) is 13.2 Å². The van der Waals surface area contributed by atoms with Crippen molar-refractivity contribution >= 4 is 5.95 Å². The molecule has 164 valence electrons. The highest BCUT2D eigenvalue weighted by molar-refractivity contribution is 5.65. The molecule has 1 aromatic heterocycles. The van der Waals surface area contributed by atoms with Gasteiger partial charge < -0.3 is 19.5 Å². The Balaban J connectivity index is 1.75. The number of aliphatic hydroxyl groups is 1. The van der Waals surface area contributed by atoms with E-state index in [2.05, 4.69) is 9.97 Å². The highest BCUT2D eigenvalue weighted by atomic mass is 19.4. The highest BCUT2D eigenvalue weighted by Crippen LogP contribution is 2.35. The van der Waals surface area contributed by atoms with Crippen LogP contribution in [0.3, 0.4) is 0 Å². The molecular formula is C20H25F3N4O3. The van der Waals surface area contributed by atoms with Gasteiger partial charge in [0.05, 0.1) is 18.8 Å². The normalized spacial score (nSPS) is 16.3. The summed E-state index contributed by atoms with van der Waals surface area (Å²) in [5.74, 6) is 0.478. The molecule has 30 heavy (non-hydrogen) atoms. The number of alkyl halides is 3. The van der Waals surface area contributed by atoms with Crippen molar-refractivity contribution in [2.24, 2.45) is 0 Å². The number of hydrogen-bond donors (Lipinski definition) is 1. The lowest BCUT2D eigenvalue weighted by Crippen LogP contribution is -2.42. The van der Waals surface area contributed by atoms with Crippen LogP contribution in [-0.2, 0) is 10.9 Å². The zero-order valence-electron chi connectivity index (χ0n) is 16.9. The molecule has 0 radical (unpaired) electrons. The van der Waals surface area contributed by atoms with E-state index in [0.717, 1.165) is 12.1 Å². The first-order valence-corrected chi connectivity index (χ1v) is 9.55. The van der Waals surface area contributed by atoms with Crippen LogP contribution in [0, 0.1) is 0 Å². The minimum absolute atomic E-state index is 0.0255. The average Bonchev–Trinajstić information content (AvgIpc) is 2.72. The Morgan fingerprint density at radius 3 is 2.40 bits per heavy atom. The number of halogens is 3. The van der Waals surface area contributed by atoms with Crippen LogP contribution in [0.25, 0.3) is 11.1 Å². The molecule has 0 bridgehead atoms. The average molecular weight is 426 g/mol. The van der Waals surface area contributed by atoms with Crippen molar-refractivity contribution in [2.75, 3.05) is 58.5 Å². The van der Waals surface area contributed by atoms with E-state index < -0.39 is 17.8 Å². The number of benzene rings is 1. The molecule has 0 spiro atoms. The monoisotopic (exact) mass is 426 g/mol. The molecule has 3 rings (SSSR count). The molecule has 1 atom stereocenters. The Morgan fingerprint density at radius 2 is 1.80 bits per heavy atom. The molecule has 0 saturated carbocycles. The lowest BCUT2D eigenvalue weighted by atomic mass is 10.0. The first-order chi connectivity index (χ1) is 14.2. The van der Waals surface area contributed by atoms with E-state index in [4.69, 9.17) is 9.47 Å². The molecule has 1 aliphatic heterocycles. The molecule has 1 N–H and O–H groups in total. The lowest BCUT2D eigenvalue weighted by Gasteiger charge is -2.28. The fourth-order valence-electron chi connectivity index (χ4n) is 3.04. The van der Waals surface area contributed by atoms with Crippen LogP contribution in [0.4, 0.5) is 19.1 Å². The van der Waals surface area contributed by atoms with Crippen LogP contribution in [0.1, 0.15) is 5.56 Å². The number of nitrogens with zero attached hydrogens (tertiary/aromatic N) is 4. The molecule has 2 heterocycles. The van der Waals surface area contributed by atoms with Gasteiger partial charge in [-0.15, -0.1) is 0 Å². The van der Waals surface area contributed by atoms with Gasteiger partial charge in [0.2, 0.25) is 5.95 Å². The van der Waals surface area contributed by atoms with Gasteiger partial charge in [-0.3, -0.25) is 4.90 Å². The largest absolute Gasteiger partial charge is 0.491 e. The van der Waals surface area contributed by atoms with Crippen LogP contribution in [0.2, 0.25) is 0 Å². The Labute approximate surface area is 173 Å². The standard InChI is InChI=1S/C20H25F3N4O3/c1-26(2)19-24-10-15(11-25-19)14-7-16(20(21,22)23)9-18(8-14)30-13-17(28)12-27-3-5-29-6-4-27/h7-11,17,28H,3-6,12-13H2,1-2H3. The smallest absolute Gasteiger partial charge is 0.416 e. The van der Waals surface area contributed by atoms with Gasteiger partial charge in [-0.25, -0.2) is 9.97 Å². The fourth-order valence-corrected chi connectivity index (χ4v) is 3.04. The third-order valence-corrected chi connectivity index (χ3v) is 4.62. The van der Waals surface area contributed by atoms with Gasteiger partial charge in [0.15, 0.2) is 0 Å². The summed E-state index contributed by atoms with van der Waals surface area (Å²) < 4.78 is 50.9. The van der Waals surface area contributed by atoms with Gasteiger partial charge in [0.25, 0.3) is 0 Å². The number of aromatic nitrogens is 2. The molecule has 2 aromatic rings. The second kappa shape index (κ2) is 9.59. The van der Waals surface area contributed by atoms with E-state index in [1.54, 1.807) is 19.0 Å². The van der Waals surface area contributed by atoms with E-state index >= 15 is 0 Å². The minimum atomic E-state index is -4.54. The number of hydrogen-bond acceptors (Lipinski definition) is 7. The highest BCUT2D eigenvalue weighted by Gasteiger charge is 2.31. The van der Waals surface area contributed by atoms with Crippen LogP contribution in [0.5, 0.6) is 5.75 Å². The summed E-state index contributed by atoms with van der Waals surface area (Å²) in [4.78, 5) is 12.0. The molecule has 1 aliphatic rings. The number of morpholine rings is 1. The van der Waals surface area contributed by atoms with E-state index in [1.807, 2.05) is 4.90 Å². The van der Waals surface area contributed by atoms with Crippen molar-refractivity contribution in [3.05, 3.63) is 36.2 Å². The second-order valence-corrected chi connectivity index (χ2v) is 7.29. The van der Waals surface area contributed by atoms with Gasteiger partial charge in [-0.05, 0) is 23.8 Å². The summed E-state index contributed by atoms with van der Waals surface area (Å²) >= 11 is 0. The summed E-state index contributed by atoms with van der Waals surface area (Å²) in [6.07, 6.45) is -2.43. The van der Waals surface area contributed by atoms with E-state index in [-0.39, 0.29) is 17.9 Å². The third-order valence-electron chi connectivity index (χ3n) is 4.62. The Bertz CT molecular complexity index is 825. The zero-order chi connectivity index (χ0) is 21.7. The second-order valence-electron chi connectivity index (χ2n) is 7.29. The van der Waals surface area contributed by atoms with Gasteiger partial charge in [0.1, 0.15) is 18.5 Å². The van der Waals surface area contributed by atoms with Crippen molar-refractivity contribution in [3.63, 3.8) is 0 Å². The lowest BCUT2D eigenvalue weighted by molar-refractivity contribution is -0.137. The summed E-state index contributed by atoms with van der Waals surface area (Å²) in [5, 5.41) is 10.2. The predicted octanol–water partition coefficient (Wildman–Crippen LogP) is 2.30. The molecule has 1 aromatic carbocycles. The predicted molar refractivity (Wildman–Crippen MR) is 106 cm³/mol. The maximum absolute atomic E-state index is 13.4. The molecule has 0 aliphatic carbocycles. The number of ether oxygens (including phenoxy) is 2. The third kappa shape index (κ3) is 6.04. The van der Waals surface area contributed by atoms with Crippen LogP contribution in [0.15, 0.2) is 30.6 Å². The Hall–Kier alpha value is -2.43. The molecule has 0 amide bonds. The maximum Gasteiger partial charge on any atom is 0.416 e. The molecule has 7 nitrogen and oxygen atoms in total. The van der Waals surface area contributed by atoms with Crippen LogP contribution in [-0.4, -0.2) is 79.6 Å². The van der Waals surface area contributed by atoms with Gasteiger partial charge >= 0.3 is 6.18 Å². The minimum Gasteiger partial charge on any atom is -0.491 e. The first-order valence-electron chi connectivity index (χ1n) is 9.55. The summed E-state index contributed by atoms with van der Waals surface area (Å²) in [5.41, 5.74) is -0.118. The zero-order valence-corrected chi connectivity index (χ0v) is 16.9. The molecule has 1 fully saturated rings. The van der Waals surface area contributed by atoms with E-state index in [1.165, 1.54) is 18.5 Å². The van der Waals surface area contributed by atoms with Gasteiger partial charge in [-0.1, -0.05) is 0 Å². The van der Waals surface area contributed by atoms with E-state index in [0.29, 0.717) is 44.4 Å². The topological polar surface area (TPSA) is 71.0 Å². The van der Waals surface area contributed by atoms with Crippen molar-refractivity contribution in [2.45, 2.75) is 12.3 Å². The van der Waals surface area contributed by atoms with E-state index in [9.17, 15) is 18.3 Å². The van der Waals surface area contributed by atoms with Crippen molar-refractivity contribution in [1.29, 1.82) is 0 Å².